The van der Waals surface area contributed by atoms with Crippen molar-refractivity contribution in [3.8, 4) is 0 Å². The average molecular weight is 264 g/mol. The molecule has 19 heavy (non-hydrogen) atoms. The Morgan fingerprint density at radius 1 is 1.11 bits per heavy atom. The van der Waals surface area contributed by atoms with Gasteiger partial charge in [0.1, 0.15) is 0 Å². The van der Waals surface area contributed by atoms with Crippen molar-refractivity contribution in [2.75, 3.05) is 11.9 Å². The van der Waals surface area contributed by atoms with Crippen LogP contribution in [0.25, 0.3) is 0 Å². The first-order valence-corrected chi connectivity index (χ1v) is 7.05. The van der Waals surface area contributed by atoms with Gasteiger partial charge in [0.2, 0.25) is 0 Å². The molecular formula is C15H24N2O2. The molecule has 0 aliphatic rings. The van der Waals surface area contributed by atoms with Gasteiger partial charge >= 0.3 is 0 Å². The number of anilines is 1. The van der Waals surface area contributed by atoms with E-state index in [-0.39, 0.29) is 10.6 Å². The van der Waals surface area contributed by atoms with Crippen LogP contribution in [0.2, 0.25) is 0 Å². The Bertz CT molecular complexity index is 430. The monoisotopic (exact) mass is 264 g/mol. The SMILES string of the molecule is CCCCCCCNc1cc([N+](=O)[O-])c(C)cc1C. The molecule has 0 aliphatic carbocycles. The zero-order valence-electron chi connectivity index (χ0n) is 12.2. The van der Waals surface area contributed by atoms with Crippen molar-refractivity contribution in [1.82, 2.24) is 0 Å². The van der Waals surface area contributed by atoms with Crippen LogP contribution >= 0.6 is 0 Å². The summed E-state index contributed by atoms with van der Waals surface area (Å²) in [4.78, 5) is 10.6. The van der Waals surface area contributed by atoms with E-state index in [9.17, 15) is 10.1 Å². The van der Waals surface area contributed by atoms with E-state index < -0.39 is 0 Å². The standard InChI is InChI=1S/C15H24N2O2/c1-4-5-6-7-8-9-16-14-11-15(17(18)19)13(3)10-12(14)2/h10-11,16H,4-9H2,1-3H3. The first-order chi connectivity index (χ1) is 9.06. The largest absolute Gasteiger partial charge is 0.385 e. The highest BCUT2D eigenvalue weighted by molar-refractivity contribution is 5.60. The van der Waals surface area contributed by atoms with Crippen molar-refractivity contribution in [3.63, 3.8) is 0 Å². The van der Waals surface area contributed by atoms with E-state index in [4.69, 9.17) is 0 Å². The topological polar surface area (TPSA) is 55.2 Å². The van der Waals surface area contributed by atoms with Crippen LogP contribution in [0.15, 0.2) is 12.1 Å². The van der Waals surface area contributed by atoms with E-state index in [2.05, 4.69) is 12.2 Å². The molecule has 0 saturated carbocycles. The molecule has 0 saturated heterocycles. The van der Waals surface area contributed by atoms with E-state index in [1.165, 1.54) is 25.7 Å². The molecule has 0 unspecified atom stereocenters. The first-order valence-electron chi connectivity index (χ1n) is 7.05. The fourth-order valence-electron chi connectivity index (χ4n) is 2.18. The summed E-state index contributed by atoms with van der Waals surface area (Å²) in [6, 6.07) is 3.52. The normalized spacial score (nSPS) is 10.5. The Morgan fingerprint density at radius 2 is 1.79 bits per heavy atom. The molecule has 0 radical (unpaired) electrons. The number of rotatable bonds is 8. The quantitative estimate of drug-likeness (QED) is 0.424. The number of aryl methyl sites for hydroxylation is 2. The van der Waals surface area contributed by atoms with Gasteiger partial charge in [0, 0.05) is 23.9 Å². The number of nitro benzene ring substituents is 1. The van der Waals surface area contributed by atoms with Crippen LogP contribution in [-0.4, -0.2) is 11.5 Å². The first kappa shape index (κ1) is 15.5. The Hall–Kier alpha value is -1.58. The maximum absolute atomic E-state index is 10.9. The number of unbranched alkanes of at least 4 members (excludes halogenated alkanes) is 4. The fourth-order valence-corrected chi connectivity index (χ4v) is 2.18. The molecule has 4 nitrogen and oxygen atoms in total. The highest BCUT2D eigenvalue weighted by atomic mass is 16.6. The van der Waals surface area contributed by atoms with Crippen LogP contribution in [-0.2, 0) is 0 Å². The third-order valence-electron chi connectivity index (χ3n) is 3.34. The van der Waals surface area contributed by atoms with Crippen LogP contribution in [0.1, 0.15) is 50.2 Å². The maximum atomic E-state index is 10.9. The molecule has 1 N–H and O–H groups in total. The van der Waals surface area contributed by atoms with E-state index in [1.54, 1.807) is 13.0 Å². The lowest BCUT2D eigenvalue weighted by atomic mass is 10.1. The summed E-state index contributed by atoms with van der Waals surface area (Å²) in [6.07, 6.45) is 6.13. The second kappa shape index (κ2) is 7.77. The van der Waals surface area contributed by atoms with Gasteiger partial charge in [0.25, 0.3) is 5.69 Å². The summed E-state index contributed by atoms with van der Waals surface area (Å²) in [6.45, 7) is 6.84. The van der Waals surface area contributed by atoms with Gasteiger partial charge in [-0.3, -0.25) is 10.1 Å². The number of hydrogen-bond donors (Lipinski definition) is 1. The van der Waals surface area contributed by atoms with E-state index in [0.717, 1.165) is 29.8 Å². The van der Waals surface area contributed by atoms with Crippen LogP contribution < -0.4 is 5.32 Å². The van der Waals surface area contributed by atoms with Crippen LogP contribution in [0.3, 0.4) is 0 Å². The second-order valence-electron chi connectivity index (χ2n) is 5.05. The molecule has 0 bridgehead atoms. The van der Waals surface area contributed by atoms with Crippen molar-refractivity contribution in [3.05, 3.63) is 33.4 Å². The summed E-state index contributed by atoms with van der Waals surface area (Å²) < 4.78 is 0. The Morgan fingerprint density at radius 3 is 2.42 bits per heavy atom. The molecule has 4 heteroatoms. The minimum Gasteiger partial charge on any atom is -0.385 e. The molecule has 1 rings (SSSR count). The Balaban J connectivity index is 2.53. The molecular weight excluding hydrogens is 240 g/mol. The van der Waals surface area contributed by atoms with E-state index in [0.29, 0.717) is 0 Å². The third kappa shape index (κ3) is 4.89. The van der Waals surface area contributed by atoms with Gasteiger partial charge in [0.05, 0.1) is 4.92 Å². The number of nitrogens with one attached hydrogen (secondary N) is 1. The zero-order valence-corrected chi connectivity index (χ0v) is 12.2. The molecule has 0 spiro atoms. The lowest BCUT2D eigenvalue weighted by Gasteiger charge is -2.10. The van der Waals surface area contributed by atoms with Crippen LogP contribution in [0, 0.1) is 24.0 Å². The summed E-state index contributed by atoms with van der Waals surface area (Å²) in [5.74, 6) is 0. The Labute approximate surface area is 115 Å². The van der Waals surface area contributed by atoms with Crippen molar-refractivity contribution >= 4 is 11.4 Å². The smallest absolute Gasteiger partial charge is 0.274 e. The lowest BCUT2D eigenvalue weighted by Crippen LogP contribution is -2.04. The van der Waals surface area contributed by atoms with Crippen molar-refractivity contribution < 1.29 is 4.92 Å². The van der Waals surface area contributed by atoms with Crippen LogP contribution in [0.4, 0.5) is 11.4 Å². The summed E-state index contributed by atoms with van der Waals surface area (Å²) in [5.41, 5.74) is 2.86. The van der Waals surface area contributed by atoms with Gasteiger partial charge in [-0.25, -0.2) is 0 Å². The van der Waals surface area contributed by atoms with Gasteiger partial charge in [-0.05, 0) is 31.9 Å². The van der Waals surface area contributed by atoms with E-state index >= 15 is 0 Å². The van der Waals surface area contributed by atoms with Gasteiger partial charge in [-0.1, -0.05) is 32.6 Å². The lowest BCUT2D eigenvalue weighted by molar-refractivity contribution is -0.385. The number of hydrogen-bond acceptors (Lipinski definition) is 3. The highest BCUT2D eigenvalue weighted by Gasteiger charge is 2.13. The van der Waals surface area contributed by atoms with Crippen molar-refractivity contribution in [1.29, 1.82) is 0 Å². The van der Waals surface area contributed by atoms with Crippen molar-refractivity contribution in [2.24, 2.45) is 0 Å². The number of nitro groups is 1. The van der Waals surface area contributed by atoms with Gasteiger partial charge in [-0.15, -0.1) is 0 Å². The average Bonchev–Trinajstić information content (AvgIpc) is 2.35. The summed E-state index contributed by atoms with van der Waals surface area (Å²) in [7, 11) is 0. The molecule has 1 aromatic carbocycles. The summed E-state index contributed by atoms with van der Waals surface area (Å²) in [5, 5.41) is 14.2. The van der Waals surface area contributed by atoms with E-state index in [1.807, 2.05) is 13.0 Å². The minimum atomic E-state index is -0.318. The zero-order chi connectivity index (χ0) is 14.3. The molecule has 0 amide bonds. The number of benzene rings is 1. The summed E-state index contributed by atoms with van der Waals surface area (Å²) >= 11 is 0. The molecule has 0 atom stereocenters. The molecule has 0 aliphatic heterocycles. The molecule has 0 fully saturated rings. The fraction of sp³-hybridized carbons (Fsp3) is 0.600. The van der Waals surface area contributed by atoms with Gasteiger partial charge < -0.3 is 5.32 Å². The third-order valence-corrected chi connectivity index (χ3v) is 3.34. The number of nitrogens with zero attached hydrogens (tertiary/aromatic N) is 1. The second-order valence-corrected chi connectivity index (χ2v) is 5.05. The van der Waals surface area contributed by atoms with Crippen molar-refractivity contribution in [2.45, 2.75) is 52.9 Å². The molecule has 0 aromatic heterocycles. The molecule has 0 heterocycles. The molecule has 106 valence electrons. The molecule has 1 aromatic rings. The minimum absolute atomic E-state index is 0.194. The Kier molecular flexibility index (Phi) is 6.33. The van der Waals surface area contributed by atoms with Crippen LogP contribution in [0.5, 0.6) is 0 Å². The predicted octanol–water partition coefficient (Wildman–Crippen LogP) is 4.59. The highest BCUT2D eigenvalue weighted by Crippen LogP contribution is 2.26. The van der Waals surface area contributed by atoms with Gasteiger partial charge in [-0.2, -0.15) is 0 Å². The van der Waals surface area contributed by atoms with Gasteiger partial charge in [0.15, 0.2) is 0 Å². The predicted molar refractivity (Wildman–Crippen MR) is 79.8 cm³/mol. The maximum Gasteiger partial charge on any atom is 0.274 e.